The van der Waals surface area contributed by atoms with E-state index in [1.165, 1.54) is 0 Å². The lowest BCUT2D eigenvalue weighted by Gasteiger charge is -2.18. The molecule has 1 aromatic heterocycles. The van der Waals surface area contributed by atoms with Gasteiger partial charge in [0.2, 0.25) is 0 Å². The van der Waals surface area contributed by atoms with Gasteiger partial charge in [0.05, 0.1) is 5.69 Å². The Balaban J connectivity index is 0.00000264. The number of aryl methyl sites for hydroxylation is 1. The van der Waals surface area contributed by atoms with Crippen LogP contribution in [0.2, 0.25) is 0 Å². The second kappa shape index (κ2) is 10.1. The van der Waals surface area contributed by atoms with E-state index in [2.05, 4.69) is 23.9 Å². The van der Waals surface area contributed by atoms with Gasteiger partial charge >= 0.3 is 0 Å². The highest BCUT2D eigenvalue weighted by Crippen LogP contribution is 2.20. The number of para-hydroxylation sites is 1. The summed E-state index contributed by atoms with van der Waals surface area (Å²) in [5, 5.41) is 3.88. The van der Waals surface area contributed by atoms with Crippen LogP contribution in [0.3, 0.4) is 0 Å². The highest BCUT2D eigenvalue weighted by atomic mass is 35.5. The average Bonchev–Trinajstić information content (AvgIpc) is 2.96. The molecule has 2 aromatic rings. The molecule has 0 aliphatic heterocycles. The molecule has 0 bridgehead atoms. The van der Waals surface area contributed by atoms with Crippen molar-refractivity contribution in [2.45, 2.75) is 20.8 Å². The van der Waals surface area contributed by atoms with Gasteiger partial charge in [-0.15, -0.1) is 12.4 Å². The van der Waals surface area contributed by atoms with Gasteiger partial charge in [-0.3, -0.25) is 0 Å². The Morgan fingerprint density at radius 1 is 1.17 bits per heavy atom. The molecule has 4 nitrogen and oxygen atoms in total. The maximum absolute atomic E-state index is 5.93. The number of ether oxygens (including phenoxy) is 1. The Morgan fingerprint density at radius 3 is 2.57 bits per heavy atom. The Kier molecular flexibility index (Phi) is 8.45. The first-order chi connectivity index (χ1) is 10.7. The molecule has 0 saturated heterocycles. The third-order valence-electron chi connectivity index (χ3n) is 3.55. The van der Waals surface area contributed by atoms with Crippen molar-refractivity contribution in [3.63, 3.8) is 0 Å². The van der Waals surface area contributed by atoms with Gasteiger partial charge in [-0.05, 0) is 38.2 Å². The molecule has 0 unspecified atom stereocenters. The van der Waals surface area contributed by atoms with Crippen LogP contribution in [0.5, 0.6) is 5.75 Å². The van der Waals surface area contributed by atoms with E-state index >= 15 is 0 Å². The molecule has 126 valence electrons. The van der Waals surface area contributed by atoms with Crippen LogP contribution < -0.4 is 4.74 Å². The number of hydrogen-bond donors (Lipinski definition) is 0. The molecule has 0 N–H and O–H groups in total. The van der Waals surface area contributed by atoms with Crippen LogP contribution in [0.4, 0.5) is 0 Å². The second-order valence-electron chi connectivity index (χ2n) is 5.12. The van der Waals surface area contributed by atoms with Crippen LogP contribution in [0, 0.1) is 6.92 Å². The summed E-state index contributed by atoms with van der Waals surface area (Å²) in [7, 11) is 0. The van der Waals surface area contributed by atoms with Gasteiger partial charge in [-0.2, -0.15) is 0 Å². The number of nitrogens with zero attached hydrogens (tertiary/aromatic N) is 2. The van der Waals surface area contributed by atoms with Crippen LogP contribution >= 0.6 is 12.4 Å². The summed E-state index contributed by atoms with van der Waals surface area (Å²) < 4.78 is 11.1. The van der Waals surface area contributed by atoms with Crippen molar-refractivity contribution in [3.05, 3.63) is 47.3 Å². The largest absolute Gasteiger partial charge is 0.492 e. The van der Waals surface area contributed by atoms with Crippen LogP contribution in [0.25, 0.3) is 12.2 Å². The monoisotopic (exact) mass is 336 g/mol. The molecule has 0 aliphatic rings. The molecule has 0 spiro atoms. The van der Waals surface area contributed by atoms with Crippen LogP contribution in [0.15, 0.2) is 34.9 Å². The van der Waals surface area contributed by atoms with Crippen LogP contribution in [-0.2, 0) is 0 Å². The predicted octanol–water partition coefficient (Wildman–Crippen LogP) is 4.30. The van der Waals surface area contributed by atoms with Crippen molar-refractivity contribution < 1.29 is 9.26 Å². The molecule has 0 amide bonds. The first-order valence-corrected chi connectivity index (χ1v) is 7.78. The number of aromatic nitrogens is 1. The number of hydrogen-bond acceptors (Lipinski definition) is 4. The zero-order valence-corrected chi connectivity index (χ0v) is 14.8. The molecule has 5 heteroatoms. The minimum Gasteiger partial charge on any atom is -0.492 e. The van der Waals surface area contributed by atoms with E-state index in [4.69, 9.17) is 9.26 Å². The number of halogens is 1. The minimum atomic E-state index is 0. The fourth-order valence-corrected chi connectivity index (χ4v) is 2.21. The maximum atomic E-state index is 5.93. The predicted molar refractivity (Wildman–Crippen MR) is 97.1 cm³/mol. The summed E-state index contributed by atoms with van der Waals surface area (Å²) in [5.74, 6) is 1.64. The first-order valence-electron chi connectivity index (χ1n) is 7.78. The molecule has 1 aromatic carbocycles. The Morgan fingerprint density at radius 2 is 1.91 bits per heavy atom. The summed E-state index contributed by atoms with van der Waals surface area (Å²) >= 11 is 0. The molecule has 23 heavy (non-hydrogen) atoms. The van der Waals surface area contributed by atoms with E-state index in [0.717, 1.165) is 42.4 Å². The fraction of sp³-hybridized carbons (Fsp3) is 0.389. The fourth-order valence-electron chi connectivity index (χ4n) is 2.21. The third kappa shape index (κ3) is 6.08. The molecule has 0 fully saturated rings. The summed E-state index contributed by atoms with van der Waals surface area (Å²) in [5.41, 5.74) is 1.92. The van der Waals surface area contributed by atoms with Gasteiger partial charge in [0.15, 0.2) is 5.76 Å². The quantitative estimate of drug-likeness (QED) is 0.720. The van der Waals surface area contributed by atoms with Gasteiger partial charge in [-0.1, -0.05) is 37.2 Å². The first kappa shape index (κ1) is 19.3. The normalized spacial score (nSPS) is 11.0. The van der Waals surface area contributed by atoms with E-state index < -0.39 is 0 Å². The van der Waals surface area contributed by atoms with Crippen LogP contribution in [-0.4, -0.2) is 36.3 Å². The van der Waals surface area contributed by atoms with Crippen molar-refractivity contribution in [2.75, 3.05) is 26.2 Å². The van der Waals surface area contributed by atoms with E-state index in [-0.39, 0.29) is 12.4 Å². The van der Waals surface area contributed by atoms with Crippen LogP contribution in [0.1, 0.15) is 30.9 Å². The lowest BCUT2D eigenvalue weighted by Crippen LogP contribution is -2.27. The van der Waals surface area contributed by atoms with Gasteiger partial charge in [0.1, 0.15) is 12.4 Å². The molecule has 0 aliphatic carbocycles. The molecule has 0 atom stereocenters. The van der Waals surface area contributed by atoms with E-state index in [0.29, 0.717) is 6.61 Å². The summed E-state index contributed by atoms with van der Waals surface area (Å²) in [4.78, 5) is 2.34. The minimum absolute atomic E-state index is 0. The van der Waals surface area contributed by atoms with Gasteiger partial charge < -0.3 is 14.2 Å². The molecule has 1 heterocycles. The van der Waals surface area contributed by atoms with Gasteiger partial charge in [0.25, 0.3) is 0 Å². The second-order valence-corrected chi connectivity index (χ2v) is 5.12. The molecule has 2 rings (SSSR count). The summed E-state index contributed by atoms with van der Waals surface area (Å²) in [6.45, 7) is 9.96. The van der Waals surface area contributed by atoms with Crippen molar-refractivity contribution in [3.8, 4) is 5.75 Å². The van der Waals surface area contributed by atoms with Crippen molar-refractivity contribution in [1.29, 1.82) is 0 Å². The number of benzene rings is 1. The maximum Gasteiger partial charge on any atom is 0.159 e. The topological polar surface area (TPSA) is 38.5 Å². The average molecular weight is 337 g/mol. The van der Waals surface area contributed by atoms with Gasteiger partial charge in [0, 0.05) is 18.2 Å². The number of likely N-dealkylation sites (N-methyl/N-ethyl adjacent to an activating group) is 1. The highest BCUT2D eigenvalue weighted by molar-refractivity contribution is 5.85. The SMILES string of the molecule is CCN(CC)CCOc1ccccc1/C=C/c1cc(C)no1.Cl. The lowest BCUT2D eigenvalue weighted by atomic mass is 10.2. The van der Waals surface area contributed by atoms with E-state index in [9.17, 15) is 0 Å². The van der Waals surface area contributed by atoms with E-state index in [1.54, 1.807) is 0 Å². The third-order valence-corrected chi connectivity index (χ3v) is 3.55. The van der Waals surface area contributed by atoms with E-state index in [1.807, 2.05) is 49.4 Å². The number of rotatable bonds is 8. The molecular formula is C18H25ClN2O2. The molecular weight excluding hydrogens is 312 g/mol. The van der Waals surface area contributed by atoms with Crippen molar-refractivity contribution in [2.24, 2.45) is 0 Å². The van der Waals surface area contributed by atoms with Crippen molar-refractivity contribution in [1.82, 2.24) is 10.1 Å². The lowest BCUT2D eigenvalue weighted by molar-refractivity contribution is 0.222. The standard InChI is InChI=1S/C18H24N2O2.ClH/c1-4-20(5-2)12-13-21-18-9-7-6-8-16(18)10-11-17-14-15(3)19-22-17;/h6-11,14H,4-5,12-13H2,1-3H3;1H/b11-10+;. The Labute approximate surface area is 144 Å². The Bertz CT molecular complexity index is 607. The zero-order valence-electron chi connectivity index (χ0n) is 14.0. The highest BCUT2D eigenvalue weighted by Gasteiger charge is 2.03. The zero-order chi connectivity index (χ0) is 15.8. The Hall–Kier alpha value is -1.78. The smallest absolute Gasteiger partial charge is 0.159 e. The van der Waals surface area contributed by atoms with Crippen molar-refractivity contribution >= 4 is 24.6 Å². The van der Waals surface area contributed by atoms with Gasteiger partial charge in [-0.25, -0.2) is 0 Å². The summed E-state index contributed by atoms with van der Waals surface area (Å²) in [6, 6.07) is 9.92. The summed E-state index contributed by atoms with van der Waals surface area (Å²) in [6.07, 6.45) is 3.90. The molecule has 0 radical (unpaired) electrons. The molecule has 0 saturated carbocycles.